The van der Waals surface area contributed by atoms with Crippen molar-refractivity contribution in [3.05, 3.63) is 11.7 Å². The van der Waals surface area contributed by atoms with Crippen molar-refractivity contribution < 1.29 is 9.32 Å². The molecule has 0 aliphatic heterocycles. The lowest BCUT2D eigenvalue weighted by Crippen LogP contribution is -2.31. The molecule has 0 spiro atoms. The van der Waals surface area contributed by atoms with Crippen molar-refractivity contribution >= 4 is 5.91 Å². The third-order valence-electron chi connectivity index (χ3n) is 3.01. The molecule has 0 aromatic carbocycles. The van der Waals surface area contributed by atoms with Crippen LogP contribution in [-0.4, -0.2) is 29.1 Å². The third kappa shape index (κ3) is 2.06. The Balaban J connectivity index is 2.14. The third-order valence-corrected chi connectivity index (χ3v) is 3.01. The summed E-state index contributed by atoms with van der Waals surface area (Å²) in [6, 6.07) is 0.0618. The lowest BCUT2D eigenvalue weighted by atomic mass is 9.85. The molecule has 6 nitrogen and oxygen atoms in total. The summed E-state index contributed by atoms with van der Waals surface area (Å²) in [4.78, 5) is 15.3. The number of carbonyl (C=O) groups excluding carboxylic acids is 1. The number of nitrogens with one attached hydrogen (secondary N) is 1. The lowest BCUT2D eigenvalue weighted by molar-refractivity contribution is 0.0950. The first kappa shape index (κ1) is 11.1. The molecule has 16 heavy (non-hydrogen) atoms. The van der Waals surface area contributed by atoms with Gasteiger partial charge in [-0.1, -0.05) is 18.0 Å². The molecule has 1 aliphatic rings. The van der Waals surface area contributed by atoms with Crippen LogP contribution in [0, 0.1) is 0 Å². The second-order valence-corrected chi connectivity index (χ2v) is 4.09. The summed E-state index contributed by atoms with van der Waals surface area (Å²) in [6.07, 6.45) is 4.20. The van der Waals surface area contributed by atoms with Crippen molar-refractivity contribution in [3.8, 4) is 0 Å². The molecule has 1 aliphatic carbocycles. The van der Waals surface area contributed by atoms with Gasteiger partial charge in [0.15, 0.2) is 0 Å². The summed E-state index contributed by atoms with van der Waals surface area (Å²) in [6.45, 7) is 0. The maximum Gasteiger partial charge on any atom is 0.292 e. The summed E-state index contributed by atoms with van der Waals surface area (Å²) in [7, 11) is 1.53. The quantitative estimate of drug-likeness (QED) is 0.759. The van der Waals surface area contributed by atoms with Gasteiger partial charge >= 0.3 is 0 Å². The van der Waals surface area contributed by atoms with Crippen LogP contribution >= 0.6 is 0 Å². The summed E-state index contributed by atoms with van der Waals surface area (Å²) in [5, 5.41) is 6.10. The van der Waals surface area contributed by atoms with Gasteiger partial charge < -0.3 is 15.6 Å². The molecule has 0 saturated heterocycles. The average molecular weight is 224 g/mol. The topological polar surface area (TPSA) is 94.0 Å². The highest BCUT2D eigenvalue weighted by Gasteiger charge is 2.29. The van der Waals surface area contributed by atoms with Crippen molar-refractivity contribution in [2.75, 3.05) is 7.05 Å². The van der Waals surface area contributed by atoms with Gasteiger partial charge in [-0.15, -0.1) is 0 Å². The number of aromatic nitrogens is 2. The van der Waals surface area contributed by atoms with Gasteiger partial charge in [-0.3, -0.25) is 4.79 Å². The maximum absolute atomic E-state index is 11.3. The average Bonchev–Trinajstić information content (AvgIpc) is 2.78. The maximum atomic E-state index is 11.3. The fraction of sp³-hybridized carbons (Fsp3) is 0.700. The van der Waals surface area contributed by atoms with E-state index in [0.29, 0.717) is 5.89 Å². The molecule has 0 radical (unpaired) electrons. The molecule has 1 fully saturated rings. The standard InChI is InChI=1S/C10H16N4O2/c1-12-9(15)8-13-10(16-14-8)6-4-2-3-5-7(6)11/h6-7H,2-5,11H2,1H3,(H,12,15). The van der Waals surface area contributed by atoms with Crippen LogP contribution in [0.2, 0.25) is 0 Å². The van der Waals surface area contributed by atoms with E-state index in [9.17, 15) is 4.79 Å². The van der Waals surface area contributed by atoms with Crippen molar-refractivity contribution in [1.29, 1.82) is 0 Å². The molecule has 2 unspecified atom stereocenters. The predicted molar refractivity (Wildman–Crippen MR) is 56.9 cm³/mol. The molecule has 6 heteroatoms. The van der Waals surface area contributed by atoms with Gasteiger partial charge in [0.2, 0.25) is 5.89 Å². The Morgan fingerprint density at radius 3 is 2.94 bits per heavy atom. The zero-order chi connectivity index (χ0) is 11.5. The molecule has 1 heterocycles. The smallest absolute Gasteiger partial charge is 0.292 e. The van der Waals surface area contributed by atoms with Crippen LogP contribution < -0.4 is 11.1 Å². The second-order valence-electron chi connectivity index (χ2n) is 4.09. The number of nitrogens with zero attached hydrogens (tertiary/aromatic N) is 2. The van der Waals surface area contributed by atoms with Crippen LogP contribution in [0.5, 0.6) is 0 Å². The van der Waals surface area contributed by atoms with Gasteiger partial charge in [0.25, 0.3) is 11.7 Å². The van der Waals surface area contributed by atoms with E-state index >= 15 is 0 Å². The molecule has 88 valence electrons. The zero-order valence-corrected chi connectivity index (χ0v) is 9.27. The number of hydrogen-bond acceptors (Lipinski definition) is 5. The number of hydrogen-bond donors (Lipinski definition) is 2. The largest absolute Gasteiger partial charge is 0.352 e. The minimum absolute atomic E-state index is 0.0618. The van der Waals surface area contributed by atoms with Gasteiger partial charge in [0, 0.05) is 13.1 Å². The van der Waals surface area contributed by atoms with Crippen molar-refractivity contribution in [1.82, 2.24) is 15.5 Å². The van der Waals surface area contributed by atoms with E-state index in [1.165, 1.54) is 7.05 Å². The molecule has 0 bridgehead atoms. The monoisotopic (exact) mass is 224 g/mol. The Kier molecular flexibility index (Phi) is 3.19. The van der Waals surface area contributed by atoms with E-state index in [1.54, 1.807) is 0 Å². The van der Waals surface area contributed by atoms with Crippen molar-refractivity contribution in [3.63, 3.8) is 0 Å². The van der Waals surface area contributed by atoms with E-state index in [4.69, 9.17) is 10.3 Å². The molecule has 1 aromatic heterocycles. The lowest BCUT2D eigenvalue weighted by Gasteiger charge is -2.25. The van der Waals surface area contributed by atoms with Gasteiger partial charge in [-0.05, 0) is 12.8 Å². The van der Waals surface area contributed by atoms with E-state index in [-0.39, 0.29) is 23.7 Å². The van der Waals surface area contributed by atoms with E-state index in [0.717, 1.165) is 25.7 Å². The first-order valence-electron chi connectivity index (χ1n) is 5.53. The van der Waals surface area contributed by atoms with E-state index < -0.39 is 0 Å². The Hall–Kier alpha value is -1.43. The van der Waals surface area contributed by atoms with Crippen LogP contribution in [-0.2, 0) is 0 Å². The Morgan fingerprint density at radius 1 is 1.50 bits per heavy atom. The van der Waals surface area contributed by atoms with Crippen LogP contribution in [0.3, 0.4) is 0 Å². The molecule has 1 saturated carbocycles. The number of nitrogens with two attached hydrogens (primary N) is 1. The highest BCUT2D eigenvalue weighted by Crippen LogP contribution is 2.30. The predicted octanol–water partition coefficient (Wildman–Crippen LogP) is 0.414. The fourth-order valence-corrected chi connectivity index (χ4v) is 2.06. The molecule has 3 N–H and O–H groups in total. The Bertz CT molecular complexity index is 377. The Labute approximate surface area is 93.6 Å². The molecular formula is C10H16N4O2. The fourth-order valence-electron chi connectivity index (χ4n) is 2.06. The van der Waals surface area contributed by atoms with Crippen molar-refractivity contribution in [2.24, 2.45) is 5.73 Å². The molecule has 1 amide bonds. The SMILES string of the molecule is CNC(=O)c1noc(C2CCCCC2N)n1. The number of carbonyl (C=O) groups is 1. The summed E-state index contributed by atoms with van der Waals surface area (Å²) in [5.41, 5.74) is 6.00. The van der Waals surface area contributed by atoms with Crippen LogP contribution in [0.4, 0.5) is 0 Å². The van der Waals surface area contributed by atoms with Gasteiger partial charge in [-0.2, -0.15) is 4.98 Å². The highest BCUT2D eigenvalue weighted by molar-refractivity contribution is 5.89. The minimum Gasteiger partial charge on any atom is -0.352 e. The molecular weight excluding hydrogens is 208 g/mol. The highest BCUT2D eigenvalue weighted by atomic mass is 16.5. The van der Waals surface area contributed by atoms with Crippen LogP contribution in [0.25, 0.3) is 0 Å². The first-order chi connectivity index (χ1) is 7.72. The first-order valence-corrected chi connectivity index (χ1v) is 5.53. The second kappa shape index (κ2) is 4.61. The number of amides is 1. The Morgan fingerprint density at radius 2 is 2.25 bits per heavy atom. The van der Waals surface area contributed by atoms with Gasteiger partial charge in [0.1, 0.15) is 0 Å². The van der Waals surface area contributed by atoms with Gasteiger partial charge in [-0.25, -0.2) is 0 Å². The number of rotatable bonds is 2. The summed E-state index contributed by atoms with van der Waals surface area (Å²) < 4.78 is 5.10. The molecule has 2 rings (SSSR count). The van der Waals surface area contributed by atoms with Crippen molar-refractivity contribution in [2.45, 2.75) is 37.6 Å². The van der Waals surface area contributed by atoms with Crippen LogP contribution in [0.1, 0.15) is 48.1 Å². The van der Waals surface area contributed by atoms with E-state index in [1.807, 2.05) is 0 Å². The van der Waals surface area contributed by atoms with E-state index in [2.05, 4.69) is 15.5 Å². The summed E-state index contributed by atoms with van der Waals surface area (Å²) in [5.74, 6) is 0.333. The zero-order valence-electron chi connectivity index (χ0n) is 9.27. The van der Waals surface area contributed by atoms with Crippen LogP contribution in [0.15, 0.2) is 4.52 Å². The van der Waals surface area contributed by atoms with Gasteiger partial charge in [0.05, 0.1) is 5.92 Å². The molecule has 1 aromatic rings. The summed E-state index contributed by atoms with van der Waals surface area (Å²) >= 11 is 0. The minimum atomic E-state index is -0.334. The normalized spacial score (nSPS) is 25.4. The molecule has 2 atom stereocenters.